The van der Waals surface area contributed by atoms with Crippen LogP contribution in [0.5, 0.6) is 12.0 Å². The summed E-state index contributed by atoms with van der Waals surface area (Å²) in [6.45, 7) is 0. The molecule has 8 nitrogen and oxygen atoms in total. The topological polar surface area (TPSA) is 123 Å². The van der Waals surface area contributed by atoms with Gasteiger partial charge in [0.05, 0.1) is 12.0 Å². The standard InChI is InChI=1S/C8H6Cl2N6O2.2Na/c9-5-11-3(13-7(17)15-5)1-2-4-12-6(10)16-8(18)14-4;;/h1-2H2,(H,11,13,15,17)(H,12,14,16,18);;/q;2*+1/p-2. The summed E-state index contributed by atoms with van der Waals surface area (Å²) in [6, 6.07) is -1.44. The van der Waals surface area contributed by atoms with Crippen molar-refractivity contribution in [3.05, 3.63) is 22.2 Å². The van der Waals surface area contributed by atoms with Crippen LogP contribution in [0.2, 0.25) is 10.6 Å². The summed E-state index contributed by atoms with van der Waals surface area (Å²) in [6.07, 6.45) is 0.467. The van der Waals surface area contributed by atoms with Crippen LogP contribution >= 0.6 is 23.2 Å². The molecule has 20 heavy (non-hydrogen) atoms. The van der Waals surface area contributed by atoms with Crippen molar-refractivity contribution in [2.24, 2.45) is 0 Å². The average Bonchev–Trinajstić information content (AvgIpc) is 2.23. The number of hydrogen-bond donors (Lipinski definition) is 0. The zero-order valence-electron chi connectivity index (χ0n) is 10.7. The van der Waals surface area contributed by atoms with Crippen molar-refractivity contribution < 1.29 is 69.3 Å². The van der Waals surface area contributed by atoms with Crippen LogP contribution < -0.4 is 69.3 Å². The van der Waals surface area contributed by atoms with Gasteiger partial charge in [-0.15, -0.1) is 0 Å². The molecule has 2 aromatic rings. The molecule has 0 unspecified atom stereocenters. The van der Waals surface area contributed by atoms with Crippen molar-refractivity contribution in [1.29, 1.82) is 0 Å². The molecule has 2 aromatic heterocycles. The maximum absolute atomic E-state index is 11.0. The third-order valence-corrected chi connectivity index (χ3v) is 2.18. The van der Waals surface area contributed by atoms with Crippen molar-refractivity contribution in [1.82, 2.24) is 29.9 Å². The minimum Gasteiger partial charge on any atom is -0.844 e. The van der Waals surface area contributed by atoms with Crippen molar-refractivity contribution in [3.63, 3.8) is 0 Å². The third-order valence-electron chi connectivity index (χ3n) is 1.84. The largest absolute Gasteiger partial charge is 1.00 e. The Hall–Kier alpha value is 0.200. The van der Waals surface area contributed by atoms with Crippen LogP contribution in [0, 0.1) is 0 Å². The number of halogens is 2. The van der Waals surface area contributed by atoms with Crippen LogP contribution in [-0.4, -0.2) is 29.9 Å². The van der Waals surface area contributed by atoms with Crippen molar-refractivity contribution >= 4 is 23.2 Å². The summed E-state index contributed by atoms with van der Waals surface area (Å²) in [5, 5.41) is 21.6. The van der Waals surface area contributed by atoms with Crippen molar-refractivity contribution in [2.75, 3.05) is 0 Å². The third kappa shape index (κ3) is 6.31. The van der Waals surface area contributed by atoms with E-state index in [2.05, 4.69) is 29.9 Å². The predicted octanol–water partition coefficient (Wildman–Crippen LogP) is -6.70. The van der Waals surface area contributed by atoms with Gasteiger partial charge in [0, 0.05) is 12.8 Å². The van der Waals surface area contributed by atoms with Crippen molar-refractivity contribution in [3.8, 4) is 12.0 Å². The Kier molecular flexibility index (Phi) is 9.36. The first-order chi connectivity index (χ1) is 8.52. The Bertz CT molecular complexity index is 499. The zero-order chi connectivity index (χ0) is 13.1. The number of hydrogen-bond acceptors (Lipinski definition) is 8. The molecule has 0 bridgehead atoms. The van der Waals surface area contributed by atoms with E-state index in [4.69, 9.17) is 23.2 Å². The first-order valence-corrected chi connectivity index (χ1v) is 5.43. The van der Waals surface area contributed by atoms with Gasteiger partial charge in [-0.05, 0) is 23.2 Å². The van der Waals surface area contributed by atoms with E-state index in [1.165, 1.54) is 0 Å². The second-order valence-corrected chi connectivity index (χ2v) is 3.78. The molecule has 0 aliphatic rings. The Balaban J connectivity index is 0.00000180. The van der Waals surface area contributed by atoms with Gasteiger partial charge in [0.2, 0.25) is 10.6 Å². The molecule has 2 rings (SSSR count). The Morgan fingerprint density at radius 3 is 1.30 bits per heavy atom. The molecule has 0 saturated heterocycles. The van der Waals surface area contributed by atoms with Crippen LogP contribution in [0.1, 0.15) is 11.6 Å². The van der Waals surface area contributed by atoms with Crippen LogP contribution in [0.3, 0.4) is 0 Å². The first kappa shape index (κ1) is 20.2. The maximum Gasteiger partial charge on any atom is 1.00 e. The van der Waals surface area contributed by atoms with Gasteiger partial charge < -0.3 is 10.2 Å². The molecule has 0 N–H and O–H groups in total. The summed E-state index contributed by atoms with van der Waals surface area (Å²) in [4.78, 5) is 21.2. The molecule has 94 valence electrons. The van der Waals surface area contributed by atoms with E-state index >= 15 is 0 Å². The molecule has 0 radical (unpaired) electrons. The van der Waals surface area contributed by atoms with Gasteiger partial charge in [-0.1, -0.05) is 0 Å². The van der Waals surface area contributed by atoms with Gasteiger partial charge >= 0.3 is 59.1 Å². The Labute approximate surface area is 168 Å². The molecule has 2 heterocycles. The molecule has 0 amide bonds. The van der Waals surface area contributed by atoms with Crippen LogP contribution in [0.25, 0.3) is 0 Å². The normalized spacial score (nSPS) is 9.50. The van der Waals surface area contributed by atoms with Gasteiger partial charge in [0.15, 0.2) is 0 Å². The number of nitrogens with zero attached hydrogens (tertiary/aromatic N) is 6. The number of aryl methyl sites for hydroxylation is 2. The van der Waals surface area contributed by atoms with E-state index in [-0.39, 0.29) is 94.2 Å². The fraction of sp³-hybridized carbons (Fsp3) is 0.250. The molecule has 0 fully saturated rings. The van der Waals surface area contributed by atoms with Gasteiger partial charge in [-0.3, -0.25) is 0 Å². The van der Waals surface area contributed by atoms with E-state index in [0.29, 0.717) is 0 Å². The fourth-order valence-corrected chi connectivity index (χ4v) is 1.53. The first-order valence-electron chi connectivity index (χ1n) is 4.68. The van der Waals surface area contributed by atoms with Gasteiger partial charge in [0.1, 0.15) is 11.6 Å². The molecule has 0 spiro atoms. The second-order valence-electron chi connectivity index (χ2n) is 3.11. The molecule has 0 aliphatic carbocycles. The molecule has 0 saturated carbocycles. The quantitative estimate of drug-likeness (QED) is 0.508. The summed E-state index contributed by atoms with van der Waals surface area (Å²) in [7, 11) is 0. The summed E-state index contributed by atoms with van der Waals surface area (Å²) in [5.41, 5.74) is 0. The minimum atomic E-state index is -0.719. The average molecular weight is 333 g/mol. The van der Waals surface area contributed by atoms with E-state index in [1.54, 1.807) is 0 Å². The minimum absolute atomic E-state index is 0. The Morgan fingerprint density at radius 2 is 1.00 bits per heavy atom. The van der Waals surface area contributed by atoms with Crippen LogP contribution in [0.4, 0.5) is 0 Å². The Morgan fingerprint density at radius 1 is 0.650 bits per heavy atom. The summed E-state index contributed by atoms with van der Waals surface area (Å²) >= 11 is 11.0. The van der Waals surface area contributed by atoms with E-state index in [0.717, 1.165) is 0 Å². The van der Waals surface area contributed by atoms with Gasteiger partial charge in [0.25, 0.3) is 0 Å². The fourth-order valence-electron chi connectivity index (χ4n) is 1.19. The van der Waals surface area contributed by atoms with Gasteiger partial charge in [-0.2, -0.15) is 0 Å². The SMILES string of the molecule is [Na+].[Na+].[O-]c1nc(Cl)nc(CCc2nc([O-])nc(Cl)n2)n1. The molecule has 12 heteroatoms. The maximum atomic E-state index is 11.0. The molecule has 0 aliphatic heterocycles. The van der Waals surface area contributed by atoms with E-state index in [9.17, 15) is 10.2 Å². The second kappa shape index (κ2) is 9.26. The predicted molar refractivity (Wildman–Crippen MR) is 56.0 cm³/mol. The zero-order valence-corrected chi connectivity index (χ0v) is 16.2. The number of rotatable bonds is 3. The molecule has 0 atom stereocenters. The van der Waals surface area contributed by atoms with Crippen molar-refractivity contribution in [2.45, 2.75) is 12.8 Å². The van der Waals surface area contributed by atoms with Crippen LogP contribution in [-0.2, 0) is 12.8 Å². The molecular weight excluding hydrogens is 329 g/mol. The molecule has 0 aromatic carbocycles. The van der Waals surface area contributed by atoms with E-state index < -0.39 is 12.0 Å². The molecular formula is C8H4Cl2N6Na2O2. The number of aromatic nitrogens is 6. The smallest absolute Gasteiger partial charge is 0.844 e. The monoisotopic (exact) mass is 332 g/mol. The summed E-state index contributed by atoms with van der Waals surface area (Å²) in [5.74, 6) is 0.396. The summed E-state index contributed by atoms with van der Waals surface area (Å²) < 4.78 is 0. The van der Waals surface area contributed by atoms with E-state index in [1.807, 2.05) is 0 Å². The van der Waals surface area contributed by atoms with Gasteiger partial charge in [-0.25, -0.2) is 29.9 Å². The van der Waals surface area contributed by atoms with Crippen LogP contribution in [0.15, 0.2) is 0 Å².